The van der Waals surface area contributed by atoms with Crippen LogP contribution >= 0.6 is 0 Å². The van der Waals surface area contributed by atoms with E-state index in [0.717, 1.165) is 31.2 Å². The fourth-order valence-corrected chi connectivity index (χ4v) is 1.86. The molecule has 1 aromatic heterocycles. The highest BCUT2D eigenvalue weighted by Crippen LogP contribution is 2.22. The van der Waals surface area contributed by atoms with Crippen molar-refractivity contribution in [3.8, 4) is 0 Å². The van der Waals surface area contributed by atoms with Gasteiger partial charge in [-0.1, -0.05) is 6.07 Å². The minimum atomic E-state index is 0.247. The number of rotatable bonds is 1. The van der Waals surface area contributed by atoms with Gasteiger partial charge in [-0.3, -0.25) is 0 Å². The predicted octanol–water partition coefficient (Wildman–Crippen LogP) is 2.17. The number of aryl methyl sites for hydroxylation is 1. The Bertz CT molecular complexity index is 425. The molecular formula is C12H15N3O. The van der Waals surface area contributed by atoms with Crippen LogP contribution < -0.4 is 4.90 Å². The summed E-state index contributed by atoms with van der Waals surface area (Å²) in [5.74, 6) is 0.944. The van der Waals surface area contributed by atoms with Crippen molar-refractivity contribution in [3.05, 3.63) is 29.2 Å². The number of ether oxygens (including phenoxy) is 1. The Morgan fingerprint density at radius 2 is 2.38 bits per heavy atom. The molecule has 84 valence electrons. The molecule has 0 saturated carbocycles. The van der Waals surface area contributed by atoms with Gasteiger partial charge >= 0.3 is 0 Å². The van der Waals surface area contributed by atoms with E-state index in [1.165, 1.54) is 0 Å². The number of aromatic nitrogens is 1. The van der Waals surface area contributed by atoms with Crippen molar-refractivity contribution >= 4 is 11.5 Å². The highest BCUT2D eigenvalue weighted by molar-refractivity contribution is 5.54. The topological polar surface area (TPSA) is 29.7 Å². The SMILES string of the molecule is [C-]#[N+]c1ccc(N2CCO[C@H](C)C2)nc1C. The Labute approximate surface area is 95.7 Å². The van der Waals surface area contributed by atoms with Crippen molar-refractivity contribution in [2.75, 3.05) is 24.6 Å². The summed E-state index contributed by atoms with van der Waals surface area (Å²) < 4.78 is 5.49. The lowest BCUT2D eigenvalue weighted by atomic mass is 10.2. The van der Waals surface area contributed by atoms with Gasteiger partial charge in [0.15, 0.2) is 0 Å². The molecule has 0 N–H and O–H groups in total. The van der Waals surface area contributed by atoms with Crippen LogP contribution in [-0.2, 0) is 4.74 Å². The third kappa shape index (κ3) is 2.15. The van der Waals surface area contributed by atoms with E-state index < -0.39 is 0 Å². The quantitative estimate of drug-likeness (QED) is 0.675. The molecule has 2 heterocycles. The molecule has 4 heteroatoms. The summed E-state index contributed by atoms with van der Waals surface area (Å²) in [6.45, 7) is 13.4. The van der Waals surface area contributed by atoms with E-state index in [4.69, 9.17) is 11.3 Å². The van der Waals surface area contributed by atoms with Crippen molar-refractivity contribution in [2.24, 2.45) is 0 Å². The third-order valence-corrected chi connectivity index (χ3v) is 2.73. The van der Waals surface area contributed by atoms with Crippen molar-refractivity contribution in [2.45, 2.75) is 20.0 Å². The summed E-state index contributed by atoms with van der Waals surface area (Å²) in [6.07, 6.45) is 0.247. The van der Waals surface area contributed by atoms with E-state index in [0.29, 0.717) is 5.69 Å². The van der Waals surface area contributed by atoms with Gasteiger partial charge in [0.25, 0.3) is 0 Å². The van der Waals surface area contributed by atoms with Crippen LogP contribution in [0.3, 0.4) is 0 Å². The monoisotopic (exact) mass is 217 g/mol. The van der Waals surface area contributed by atoms with Crippen molar-refractivity contribution < 1.29 is 4.74 Å². The summed E-state index contributed by atoms with van der Waals surface area (Å²) in [7, 11) is 0. The zero-order chi connectivity index (χ0) is 11.5. The average molecular weight is 217 g/mol. The molecule has 0 aliphatic carbocycles. The highest BCUT2D eigenvalue weighted by Gasteiger charge is 2.18. The molecule has 1 saturated heterocycles. The lowest BCUT2D eigenvalue weighted by Crippen LogP contribution is -2.41. The molecule has 1 aromatic rings. The maximum atomic E-state index is 6.98. The Hall–Kier alpha value is -1.60. The molecule has 0 aromatic carbocycles. The summed E-state index contributed by atoms with van der Waals surface area (Å²) in [6, 6.07) is 3.75. The van der Waals surface area contributed by atoms with Gasteiger partial charge in [-0.2, -0.15) is 0 Å². The normalized spacial score (nSPS) is 20.6. The molecule has 16 heavy (non-hydrogen) atoms. The minimum Gasteiger partial charge on any atom is -0.375 e. The Balaban J connectivity index is 2.21. The first kappa shape index (κ1) is 10.9. The zero-order valence-corrected chi connectivity index (χ0v) is 9.60. The molecule has 0 bridgehead atoms. The van der Waals surface area contributed by atoms with Crippen molar-refractivity contribution in [1.29, 1.82) is 0 Å². The third-order valence-electron chi connectivity index (χ3n) is 2.73. The van der Waals surface area contributed by atoms with Crippen LogP contribution in [0.15, 0.2) is 12.1 Å². The first-order chi connectivity index (χ1) is 7.70. The van der Waals surface area contributed by atoms with Gasteiger partial charge in [-0.15, -0.1) is 0 Å². The second-order valence-corrected chi connectivity index (χ2v) is 4.01. The lowest BCUT2D eigenvalue weighted by Gasteiger charge is -2.32. The largest absolute Gasteiger partial charge is 0.375 e. The Morgan fingerprint density at radius 1 is 1.56 bits per heavy atom. The van der Waals surface area contributed by atoms with Crippen molar-refractivity contribution in [1.82, 2.24) is 4.98 Å². The van der Waals surface area contributed by atoms with Gasteiger partial charge in [-0.25, -0.2) is 9.83 Å². The van der Waals surface area contributed by atoms with Crippen LogP contribution in [0.2, 0.25) is 0 Å². The van der Waals surface area contributed by atoms with Gasteiger partial charge in [0.2, 0.25) is 5.69 Å². The molecule has 2 rings (SSSR count). The van der Waals surface area contributed by atoms with E-state index in [9.17, 15) is 0 Å². The van der Waals surface area contributed by atoms with Gasteiger partial charge in [0.05, 0.1) is 19.3 Å². The van der Waals surface area contributed by atoms with Crippen LogP contribution in [0.25, 0.3) is 4.85 Å². The van der Waals surface area contributed by atoms with Crippen LogP contribution in [0.5, 0.6) is 0 Å². The summed E-state index contributed by atoms with van der Waals surface area (Å²) >= 11 is 0. The molecular weight excluding hydrogens is 202 g/mol. The zero-order valence-electron chi connectivity index (χ0n) is 9.60. The Kier molecular flexibility index (Phi) is 3.07. The average Bonchev–Trinajstić information content (AvgIpc) is 2.29. The maximum Gasteiger partial charge on any atom is 0.208 e. The van der Waals surface area contributed by atoms with Crippen LogP contribution in [0.1, 0.15) is 12.6 Å². The number of nitrogens with zero attached hydrogens (tertiary/aromatic N) is 3. The van der Waals surface area contributed by atoms with E-state index >= 15 is 0 Å². The second-order valence-electron chi connectivity index (χ2n) is 4.01. The van der Waals surface area contributed by atoms with E-state index in [-0.39, 0.29) is 6.10 Å². The van der Waals surface area contributed by atoms with Gasteiger partial charge < -0.3 is 9.64 Å². The maximum absolute atomic E-state index is 6.98. The molecule has 1 aliphatic rings. The summed E-state index contributed by atoms with van der Waals surface area (Å²) in [5.41, 5.74) is 1.43. The lowest BCUT2D eigenvalue weighted by molar-refractivity contribution is 0.0529. The van der Waals surface area contributed by atoms with Gasteiger partial charge in [0, 0.05) is 18.8 Å². The molecule has 1 fully saturated rings. The standard InChI is InChI=1S/C12H15N3O/c1-9-8-15(6-7-16-9)12-5-4-11(13-3)10(2)14-12/h4-5,9H,6-8H2,1-2H3/t9-/m1/s1. The number of morpholine rings is 1. The van der Waals surface area contributed by atoms with E-state index in [2.05, 4.69) is 21.7 Å². The summed E-state index contributed by atoms with van der Waals surface area (Å²) in [5, 5.41) is 0. The summed E-state index contributed by atoms with van der Waals surface area (Å²) in [4.78, 5) is 10.1. The number of pyridine rings is 1. The number of hydrogen-bond donors (Lipinski definition) is 0. The molecule has 1 aliphatic heterocycles. The van der Waals surface area contributed by atoms with Gasteiger partial charge in [0.1, 0.15) is 5.82 Å². The Morgan fingerprint density at radius 3 is 3.00 bits per heavy atom. The van der Waals surface area contributed by atoms with E-state index in [1.54, 1.807) is 0 Å². The van der Waals surface area contributed by atoms with Gasteiger partial charge in [-0.05, 0) is 19.9 Å². The van der Waals surface area contributed by atoms with Crippen LogP contribution in [0, 0.1) is 13.5 Å². The minimum absolute atomic E-state index is 0.247. The fourth-order valence-electron chi connectivity index (χ4n) is 1.86. The molecule has 1 atom stereocenters. The smallest absolute Gasteiger partial charge is 0.208 e. The fraction of sp³-hybridized carbons (Fsp3) is 0.500. The molecule has 0 unspecified atom stereocenters. The first-order valence-corrected chi connectivity index (χ1v) is 5.42. The second kappa shape index (κ2) is 4.50. The molecule has 0 amide bonds. The van der Waals surface area contributed by atoms with E-state index in [1.807, 2.05) is 19.1 Å². The van der Waals surface area contributed by atoms with Crippen LogP contribution in [0.4, 0.5) is 11.5 Å². The molecule has 0 spiro atoms. The molecule has 4 nitrogen and oxygen atoms in total. The van der Waals surface area contributed by atoms with Crippen molar-refractivity contribution in [3.63, 3.8) is 0 Å². The molecule has 0 radical (unpaired) electrons. The number of hydrogen-bond acceptors (Lipinski definition) is 3. The van der Waals surface area contributed by atoms with Crippen LogP contribution in [-0.4, -0.2) is 30.8 Å². The predicted molar refractivity (Wildman–Crippen MR) is 62.9 cm³/mol. The highest BCUT2D eigenvalue weighted by atomic mass is 16.5. The number of anilines is 1. The first-order valence-electron chi connectivity index (χ1n) is 5.42.